The number of Topliss-reactive ketones (excluding diaryl/α,β-unsaturated/α-hetero) is 1. The fraction of sp³-hybridized carbons (Fsp3) is 0.400. The maximum atomic E-state index is 11.2. The Labute approximate surface area is 82.5 Å². The number of carbonyl (C=O) groups is 2. The number of nitrogens with zero attached hydrogens (tertiary/aromatic N) is 1. The van der Waals surface area contributed by atoms with Crippen molar-refractivity contribution in [2.45, 2.75) is 13.3 Å². The van der Waals surface area contributed by atoms with Crippen molar-refractivity contribution in [2.75, 3.05) is 7.11 Å². The highest BCUT2D eigenvalue weighted by molar-refractivity contribution is 5.88. The topological polar surface area (TPSA) is 48.3 Å². The molecule has 0 aliphatic carbocycles. The van der Waals surface area contributed by atoms with Gasteiger partial charge in [-0.25, -0.2) is 4.79 Å². The molecule has 0 atom stereocenters. The summed E-state index contributed by atoms with van der Waals surface area (Å²) < 4.78 is 6.25. The molecule has 76 valence electrons. The first-order chi connectivity index (χ1) is 6.54. The van der Waals surface area contributed by atoms with Gasteiger partial charge in [-0.1, -0.05) is 0 Å². The number of esters is 1. The van der Waals surface area contributed by atoms with Crippen LogP contribution in [0.25, 0.3) is 0 Å². The van der Waals surface area contributed by atoms with E-state index in [0.717, 1.165) is 5.56 Å². The van der Waals surface area contributed by atoms with Crippen LogP contribution in [0, 0.1) is 0 Å². The molecular formula is C10H13NO3. The van der Waals surface area contributed by atoms with Crippen LogP contribution in [0.1, 0.15) is 23.0 Å². The first-order valence-corrected chi connectivity index (χ1v) is 4.27. The maximum Gasteiger partial charge on any atom is 0.354 e. The zero-order chi connectivity index (χ0) is 10.7. The number of aryl methyl sites for hydroxylation is 1. The second kappa shape index (κ2) is 4.09. The number of aromatic nitrogens is 1. The van der Waals surface area contributed by atoms with Gasteiger partial charge in [-0.05, 0) is 18.6 Å². The van der Waals surface area contributed by atoms with Gasteiger partial charge in [0.2, 0.25) is 0 Å². The monoisotopic (exact) mass is 195 g/mol. The average Bonchev–Trinajstić information content (AvgIpc) is 2.44. The molecule has 0 fully saturated rings. The van der Waals surface area contributed by atoms with E-state index in [2.05, 4.69) is 4.74 Å². The molecule has 0 aliphatic rings. The molecular weight excluding hydrogens is 182 g/mol. The van der Waals surface area contributed by atoms with Crippen LogP contribution in [0.3, 0.4) is 0 Å². The molecule has 0 bridgehead atoms. The largest absolute Gasteiger partial charge is 0.464 e. The summed E-state index contributed by atoms with van der Waals surface area (Å²) in [6.45, 7) is 1.52. The van der Waals surface area contributed by atoms with Gasteiger partial charge in [0.15, 0.2) is 0 Å². The lowest BCUT2D eigenvalue weighted by molar-refractivity contribution is -0.116. The predicted molar refractivity (Wildman–Crippen MR) is 51.1 cm³/mol. The second-order valence-electron chi connectivity index (χ2n) is 3.21. The highest BCUT2D eigenvalue weighted by Gasteiger charge is 2.12. The summed E-state index contributed by atoms with van der Waals surface area (Å²) in [7, 11) is 3.08. The molecule has 4 nitrogen and oxygen atoms in total. The van der Waals surface area contributed by atoms with Gasteiger partial charge in [0.1, 0.15) is 11.5 Å². The van der Waals surface area contributed by atoms with Crippen LogP contribution in [0.2, 0.25) is 0 Å². The first kappa shape index (κ1) is 10.5. The summed E-state index contributed by atoms with van der Waals surface area (Å²) in [5, 5.41) is 0. The Kier molecular flexibility index (Phi) is 3.06. The average molecular weight is 195 g/mol. The smallest absolute Gasteiger partial charge is 0.354 e. The van der Waals surface area contributed by atoms with Crippen molar-refractivity contribution < 1.29 is 14.3 Å². The number of hydrogen-bond acceptors (Lipinski definition) is 3. The van der Waals surface area contributed by atoms with Crippen molar-refractivity contribution in [2.24, 2.45) is 7.05 Å². The van der Waals surface area contributed by atoms with E-state index in [1.165, 1.54) is 14.0 Å². The van der Waals surface area contributed by atoms with E-state index in [1.807, 2.05) is 0 Å². The van der Waals surface area contributed by atoms with E-state index >= 15 is 0 Å². The van der Waals surface area contributed by atoms with Crippen LogP contribution in [-0.4, -0.2) is 23.4 Å². The summed E-state index contributed by atoms with van der Waals surface area (Å²) >= 11 is 0. The molecule has 1 aromatic heterocycles. The molecule has 0 unspecified atom stereocenters. The van der Waals surface area contributed by atoms with Crippen molar-refractivity contribution in [3.8, 4) is 0 Å². The molecule has 0 radical (unpaired) electrons. The number of rotatable bonds is 3. The molecule has 0 amide bonds. The molecule has 1 aromatic rings. The minimum absolute atomic E-state index is 0.0759. The number of methoxy groups -OCH3 is 1. The molecule has 1 heterocycles. The minimum atomic E-state index is -0.387. The van der Waals surface area contributed by atoms with Gasteiger partial charge in [0, 0.05) is 19.7 Å². The molecule has 0 saturated heterocycles. The quantitative estimate of drug-likeness (QED) is 0.674. The van der Waals surface area contributed by atoms with Crippen molar-refractivity contribution >= 4 is 11.8 Å². The first-order valence-electron chi connectivity index (χ1n) is 4.27. The lowest BCUT2D eigenvalue weighted by atomic mass is 10.2. The number of carbonyl (C=O) groups excluding carboxylic acids is 2. The summed E-state index contributed by atoms with van der Waals surface area (Å²) in [6.07, 6.45) is 2.11. The van der Waals surface area contributed by atoms with Gasteiger partial charge < -0.3 is 9.30 Å². The molecule has 0 aliphatic heterocycles. The Bertz CT molecular complexity index is 365. The minimum Gasteiger partial charge on any atom is -0.464 e. The van der Waals surface area contributed by atoms with Crippen molar-refractivity contribution in [1.29, 1.82) is 0 Å². The number of hydrogen-bond donors (Lipinski definition) is 0. The zero-order valence-corrected chi connectivity index (χ0v) is 8.53. The molecule has 0 aromatic carbocycles. The van der Waals surface area contributed by atoms with Gasteiger partial charge in [0.25, 0.3) is 0 Å². The van der Waals surface area contributed by atoms with E-state index < -0.39 is 0 Å². The van der Waals surface area contributed by atoms with E-state index in [1.54, 1.807) is 23.9 Å². The standard InChI is InChI=1S/C10H13NO3/c1-7(12)4-8-5-9(10(13)14-3)11(2)6-8/h5-6H,4H2,1-3H3. The SMILES string of the molecule is COC(=O)c1cc(CC(C)=O)cn1C. The Morgan fingerprint density at radius 1 is 1.50 bits per heavy atom. The highest BCUT2D eigenvalue weighted by atomic mass is 16.5. The molecule has 14 heavy (non-hydrogen) atoms. The van der Waals surface area contributed by atoms with E-state index in [-0.39, 0.29) is 11.8 Å². The third-order valence-electron chi connectivity index (χ3n) is 1.91. The fourth-order valence-corrected chi connectivity index (χ4v) is 1.32. The summed E-state index contributed by atoms with van der Waals surface area (Å²) in [5.74, 6) is -0.311. The van der Waals surface area contributed by atoms with E-state index in [9.17, 15) is 9.59 Å². The molecule has 0 N–H and O–H groups in total. The van der Waals surface area contributed by atoms with Gasteiger partial charge in [-0.2, -0.15) is 0 Å². The predicted octanol–water partition coefficient (Wildman–Crippen LogP) is 0.943. The normalized spacial score (nSPS) is 9.93. The van der Waals surface area contributed by atoms with E-state index in [0.29, 0.717) is 12.1 Å². The van der Waals surface area contributed by atoms with Crippen LogP contribution in [0.4, 0.5) is 0 Å². The highest BCUT2D eigenvalue weighted by Crippen LogP contribution is 2.09. The Morgan fingerprint density at radius 3 is 2.64 bits per heavy atom. The lowest BCUT2D eigenvalue weighted by Gasteiger charge is -1.98. The van der Waals surface area contributed by atoms with Crippen LogP contribution in [0.5, 0.6) is 0 Å². The van der Waals surface area contributed by atoms with Crippen LogP contribution in [-0.2, 0) is 23.0 Å². The summed E-state index contributed by atoms with van der Waals surface area (Å²) in [4.78, 5) is 22.1. The van der Waals surface area contributed by atoms with Crippen molar-refractivity contribution in [1.82, 2.24) is 4.57 Å². The zero-order valence-electron chi connectivity index (χ0n) is 8.53. The number of ketones is 1. The van der Waals surface area contributed by atoms with Crippen molar-refractivity contribution in [3.05, 3.63) is 23.5 Å². The summed E-state index contributed by atoms with van der Waals surface area (Å²) in [5.41, 5.74) is 1.30. The van der Waals surface area contributed by atoms with Gasteiger partial charge in [-0.15, -0.1) is 0 Å². The molecule has 4 heteroatoms. The number of ether oxygens (including phenoxy) is 1. The van der Waals surface area contributed by atoms with Gasteiger partial charge in [-0.3, -0.25) is 4.79 Å². The lowest BCUT2D eigenvalue weighted by Crippen LogP contribution is -2.06. The molecule has 0 saturated carbocycles. The van der Waals surface area contributed by atoms with Gasteiger partial charge in [0.05, 0.1) is 7.11 Å². The maximum absolute atomic E-state index is 11.2. The Hall–Kier alpha value is -1.58. The molecule has 1 rings (SSSR count). The summed E-state index contributed by atoms with van der Waals surface area (Å²) in [6, 6.07) is 1.67. The van der Waals surface area contributed by atoms with E-state index in [4.69, 9.17) is 0 Å². The fourth-order valence-electron chi connectivity index (χ4n) is 1.32. The van der Waals surface area contributed by atoms with Crippen LogP contribution in [0.15, 0.2) is 12.3 Å². The van der Waals surface area contributed by atoms with Gasteiger partial charge >= 0.3 is 5.97 Å². The third-order valence-corrected chi connectivity index (χ3v) is 1.91. The molecule has 0 spiro atoms. The third kappa shape index (κ3) is 2.22. The van der Waals surface area contributed by atoms with Crippen LogP contribution < -0.4 is 0 Å². The van der Waals surface area contributed by atoms with Crippen LogP contribution >= 0.6 is 0 Å². The Morgan fingerprint density at radius 2 is 2.14 bits per heavy atom. The Balaban J connectivity index is 2.93. The second-order valence-corrected chi connectivity index (χ2v) is 3.21. The van der Waals surface area contributed by atoms with Crippen molar-refractivity contribution in [3.63, 3.8) is 0 Å².